The molecule has 0 radical (unpaired) electrons. The highest BCUT2D eigenvalue weighted by Gasteiger charge is 2.45. The summed E-state index contributed by atoms with van der Waals surface area (Å²) in [5, 5.41) is 9.37. The van der Waals surface area contributed by atoms with Crippen LogP contribution in [-0.4, -0.2) is 34.1 Å². The zero-order valence-electron chi connectivity index (χ0n) is 11.1. The summed E-state index contributed by atoms with van der Waals surface area (Å²) >= 11 is 0. The van der Waals surface area contributed by atoms with E-state index in [9.17, 15) is 9.90 Å². The third-order valence-electron chi connectivity index (χ3n) is 4.31. The summed E-state index contributed by atoms with van der Waals surface area (Å²) in [4.78, 5) is 22.0. The van der Waals surface area contributed by atoms with Crippen LogP contribution in [0.4, 0.5) is 5.82 Å². The summed E-state index contributed by atoms with van der Waals surface area (Å²) in [5.74, 6) is 0.870. The van der Waals surface area contributed by atoms with E-state index < -0.39 is 5.97 Å². The molecule has 1 N–H and O–H groups in total. The summed E-state index contributed by atoms with van der Waals surface area (Å²) in [6.45, 7) is 3.46. The summed E-state index contributed by atoms with van der Waals surface area (Å²) in [6.07, 6.45) is 4.82. The van der Waals surface area contributed by atoms with Crippen molar-refractivity contribution in [3.8, 4) is 0 Å². The highest BCUT2D eigenvalue weighted by atomic mass is 16.4. The number of aliphatic carboxylic acids is 1. The Hall–Kier alpha value is -1.65. The average Bonchev–Trinajstić information content (AvgIpc) is 3.17. The molecule has 2 fully saturated rings. The second-order valence-corrected chi connectivity index (χ2v) is 5.57. The molecule has 0 bridgehead atoms. The number of carbonyl (C=O) groups is 1. The van der Waals surface area contributed by atoms with Gasteiger partial charge in [0.15, 0.2) is 0 Å². The van der Waals surface area contributed by atoms with Crippen LogP contribution in [0.15, 0.2) is 12.4 Å². The van der Waals surface area contributed by atoms with Crippen LogP contribution in [0, 0.1) is 17.8 Å². The Morgan fingerprint density at radius 2 is 2.21 bits per heavy atom. The van der Waals surface area contributed by atoms with Crippen LogP contribution >= 0.6 is 0 Å². The number of aromatic nitrogens is 2. The first kappa shape index (κ1) is 12.4. The molecule has 3 rings (SSSR count). The van der Waals surface area contributed by atoms with Gasteiger partial charge < -0.3 is 10.0 Å². The summed E-state index contributed by atoms with van der Waals surface area (Å²) in [6, 6.07) is 1.98. The number of aryl methyl sites for hydroxylation is 1. The lowest BCUT2D eigenvalue weighted by Crippen LogP contribution is -2.24. The Morgan fingerprint density at radius 1 is 1.42 bits per heavy atom. The van der Waals surface area contributed by atoms with E-state index in [1.807, 2.05) is 6.07 Å². The van der Waals surface area contributed by atoms with Gasteiger partial charge in [-0.15, -0.1) is 0 Å². The van der Waals surface area contributed by atoms with Crippen molar-refractivity contribution in [2.24, 2.45) is 17.8 Å². The Morgan fingerprint density at radius 3 is 2.84 bits per heavy atom. The molecular formula is C14H19N3O2. The lowest BCUT2D eigenvalue weighted by Gasteiger charge is -2.17. The molecule has 19 heavy (non-hydrogen) atoms. The van der Waals surface area contributed by atoms with Crippen LogP contribution in [-0.2, 0) is 11.2 Å². The second kappa shape index (κ2) is 4.79. The normalized spacial score (nSPS) is 26.7. The van der Waals surface area contributed by atoms with Crippen LogP contribution in [0.3, 0.4) is 0 Å². The van der Waals surface area contributed by atoms with Crippen molar-refractivity contribution in [3.05, 3.63) is 18.1 Å². The standard InChI is InChI=1S/C14H19N3O2/c1-2-10-5-13(16-8-15-10)17-6-11(9-3-4-9)12(7-17)14(18)19/h5,8-9,11-12H,2-4,6-7H2,1H3,(H,18,19)/t11-,12+/m0/s1. The number of anilines is 1. The van der Waals surface area contributed by atoms with Crippen LogP contribution < -0.4 is 4.90 Å². The van der Waals surface area contributed by atoms with E-state index in [0.29, 0.717) is 12.5 Å². The smallest absolute Gasteiger partial charge is 0.308 e. The van der Waals surface area contributed by atoms with Gasteiger partial charge in [0, 0.05) is 24.8 Å². The van der Waals surface area contributed by atoms with Crippen molar-refractivity contribution in [1.29, 1.82) is 0 Å². The highest BCUT2D eigenvalue weighted by Crippen LogP contribution is 2.44. The van der Waals surface area contributed by atoms with Gasteiger partial charge in [0.25, 0.3) is 0 Å². The summed E-state index contributed by atoms with van der Waals surface area (Å²) in [5.41, 5.74) is 1.01. The summed E-state index contributed by atoms with van der Waals surface area (Å²) < 4.78 is 0. The SMILES string of the molecule is CCc1cc(N2C[C@@H](C(=O)O)[C@H](C3CC3)C2)ncn1. The van der Waals surface area contributed by atoms with Crippen molar-refractivity contribution in [2.45, 2.75) is 26.2 Å². The molecule has 102 valence electrons. The zero-order chi connectivity index (χ0) is 13.4. The molecule has 2 atom stereocenters. The number of nitrogens with zero attached hydrogens (tertiary/aromatic N) is 3. The molecule has 1 aliphatic heterocycles. The first-order valence-electron chi connectivity index (χ1n) is 6.97. The number of hydrogen-bond donors (Lipinski definition) is 1. The van der Waals surface area contributed by atoms with E-state index in [2.05, 4.69) is 21.8 Å². The quantitative estimate of drug-likeness (QED) is 0.891. The van der Waals surface area contributed by atoms with E-state index in [-0.39, 0.29) is 11.8 Å². The van der Waals surface area contributed by atoms with E-state index in [4.69, 9.17) is 0 Å². The summed E-state index contributed by atoms with van der Waals surface area (Å²) in [7, 11) is 0. The molecule has 5 nitrogen and oxygen atoms in total. The number of rotatable bonds is 4. The van der Waals surface area contributed by atoms with Gasteiger partial charge in [0.2, 0.25) is 0 Å². The van der Waals surface area contributed by atoms with Crippen molar-refractivity contribution >= 4 is 11.8 Å². The van der Waals surface area contributed by atoms with Crippen LogP contribution in [0.25, 0.3) is 0 Å². The Labute approximate surface area is 112 Å². The fraction of sp³-hybridized carbons (Fsp3) is 0.643. The maximum absolute atomic E-state index is 11.4. The Balaban J connectivity index is 1.80. The monoisotopic (exact) mass is 261 g/mol. The number of hydrogen-bond acceptors (Lipinski definition) is 4. The third kappa shape index (κ3) is 2.41. The average molecular weight is 261 g/mol. The molecule has 1 aliphatic carbocycles. The third-order valence-corrected chi connectivity index (χ3v) is 4.31. The predicted octanol–water partition coefficient (Wildman–Crippen LogP) is 1.59. The van der Waals surface area contributed by atoms with Gasteiger partial charge in [-0.25, -0.2) is 9.97 Å². The fourth-order valence-electron chi connectivity index (χ4n) is 3.03. The van der Waals surface area contributed by atoms with Gasteiger partial charge in [-0.2, -0.15) is 0 Å². The fourth-order valence-corrected chi connectivity index (χ4v) is 3.03. The van der Waals surface area contributed by atoms with Crippen molar-refractivity contribution < 1.29 is 9.90 Å². The minimum atomic E-state index is -0.663. The maximum Gasteiger partial charge on any atom is 0.308 e. The number of carboxylic acid groups (broad SMARTS) is 1. The van der Waals surface area contributed by atoms with Crippen molar-refractivity contribution in [3.63, 3.8) is 0 Å². The Kier molecular flexibility index (Phi) is 3.12. The van der Waals surface area contributed by atoms with Crippen molar-refractivity contribution in [2.75, 3.05) is 18.0 Å². The van der Waals surface area contributed by atoms with Gasteiger partial charge >= 0.3 is 5.97 Å². The molecule has 0 aromatic carbocycles. The minimum absolute atomic E-state index is 0.243. The predicted molar refractivity (Wildman–Crippen MR) is 71.0 cm³/mol. The molecule has 0 unspecified atom stereocenters. The maximum atomic E-state index is 11.4. The molecule has 2 aliphatic rings. The van der Waals surface area contributed by atoms with Crippen LogP contribution in [0.5, 0.6) is 0 Å². The topological polar surface area (TPSA) is 66.3 Å². The van der Waals surface area contributed by atoms with Gasteiger partial charge in [0.1, 0.15) is 12.1 Å². The molecule has 0 spiro atoms. The molecule has 1 aromatic heterocycles. The van der Waals surface area contributed by atoms with Gasteiger partial charge in [-0.3, -0.25) is 4.79 Å². The Bertz CT molecular complexity index is 487. The molecular weight excluding hydrogens is 242 g/mol. The van der Waals surface area contributed by atoms with Crippen molar-refractivity contribution in [1.82, 2.24) is 9.97 Å². The van der Waals surface area contributed by atoms with Crippen LogP contribution in [0.2, 0.25) is 0 Å². The lowest BCUT2D eigenvalue weighted by atomic mass is 9.92. The highest BCUT2D eigenvalue weighted by molar-refractivity contribution is 5.72. The first-order chi connectivity index (χ1) is 9.19. The molecule has 0 amide bonds. The second-order valence-electron chi connectivity index (χ2n) is 5.57. The van der Waals surface area contributed by atoms with E-state index in [1.165, 1.54) is 12.8 Å². The van der Waals surface area contributed by atoms with Gasteiger partial charge in [0.05, 0.1) is 5.92 Å². The van der Waals surface area contributed by atoms with Gasteiger partial charge in [-0.05, 0) is 31.1 Å². The molecule has 1 saturated carbocycles. The van der Waals surface area contributed by atoms with E-state index in [1.54, 1.807) is 6.33 Å². The lowest BCUT2D eigenvalue weighted by molar-refractivity contribution is -0.142. The minimum Gasteiger partial charge on any atom is -0.481 e. The number of carboxylic acids is 1. The largest absolute Gasteiger partial charge is 0.481 e. The zero-order valence-corrected chi connectivity index (χ0v) is 11.1. The first-order valence-corrected chi connectivity index (χ1v) is 6.97. The molecule has 1 saturated heterocycles. The molecule has 5 heteroatoms. The van der Waals surface area contributed by atoms with E-state index >= 15 is 0 Å². The van der Waals surface area contributed by atoms with Gasteiger partial charge in [-0.1, -0.05) is 6.92 Å². The molecule has 1 aromatic rings. The van der Waals surface area contributed by atoms with Crippen LogP contribution in [0.1, 0.15) is 25.5 Å². The van der Waals surface area contributed by atoms with E-state index in [0.717, 1.165) is 24.5 Å². The molecule has 2 heterocycles.